The van der Waals surface area contributed by atoms with Gasteiger partial charge in [-0.15, -0.1) is 26.3 Å². The molecule has 0 fully saturated rings. The highest BCUT2D eigenvalue weighted by Crippen LogP contribution is 2.44. The molecule has 6 aromatic rings. The van der Waals surface area contributed by atoms with E-state index >= 15 is 0 Å². The molecular weight excluding hydrogens is 1030 g/mol. The van der Waals surface area contributed by atoms with Crippen LogP contribution in [0, 0.1) is 17.5 Å². The standard InChI is InChI=1S/C23H15F7N2O5.C22H12F8N2O4/c1-35-19-15(22(25,26)27)8-9-17(36-12-3-5-13(6-4-12)37-23(28,29)30)18(19)21(34)32-11-2-7-14(20(31)33)16(24)10-11;23-15-9-10(1-6-13(15)19(31)33)32-20(34)17-16(8-7-14(18(17)24)21(25,26)27)35-11-2-4-12(5-3-11)36-22(28,29)30/h2-10H,1H3,(H2,31,33)(H,32,34);1-9H,(H2,31,33)(H,32,34). The molecule has 0 unspecified atom stereocenters. The second-order valence-electron chi connectivity index (χ2n) is 14.1. The molecule has 0 spiro atoms. The zero-order chi connectivity index (χ0) is 54.4. The van der Waals surface area contributed by atoms with Gasteiger partial charge in [-0.25, -0.2) is 13.2 Å². The predicted octanol–water partition coefficient (Wildman–Crippen LogP) is 11.9. The fourth-order valence-corrected chi connectivity index (χ4v) is 6.02. The van der Waals surface area contributed by atoms with Crippen LogP contribution in [0.15, 0.2) is 109 Å². The van der Waals surface area contributed by atoms with E-state index in [-0.39, 0.29) is 22.9 Å². The van der Waals surface area contributed by atoms with E-state index in [4.69, 9.17) is 25.7 Å². The number of hydrogen-bond acceptors (Lipinski definition) is 9. The molecule has 0 aromatic heterocycles. The third kappa shape index (κ3) is 14.6. The molecule has 0 radical (unpaired) electrons. The summed E-state index contributed by atoms with van der Waals surface area (Å²) >= 11 is 0. The van der Waals surface area contributed by atoms with Crippen molar-refractivity contribution in [2.45, 2.75) is 25.1 Å². The quantitative estimate of drug-likeness (QED) is 0.0815. The van der Waals surface area contributed by atoms with Crippen molar-refractivity contribution >= 4 is 35.0 Å². The van der Waals surface area contributed by atoms with Crippen LogP contribution in [-0.2, 0) is 12.4 Å². The average molecular weight is 1050 g/mol. The Balaban J connectivity index is 0.000000271. The van der Waals surface area contributed by atoms with Crippen LogP contribution >= 0.6 is 0 Å². The van der Waals surface area contributed by atoms with Gasteiger partial charge in [0.05, 0.1) is 29.4 Å². The van der Waals surface area contributed by atoms with E-state index in [0.29, 0.717) is 24.3 Å². The number of anilines is 2. The molecule has 0 bridgehead atoms. The van der Waals surface area contributed by atoms with Gasteiger partial charge in [-0.1, -0.05) is 0 Å². The van der Waals surface area contributed by atoms with Crippen LogP contribution in [0.3, 0.4) is 0 Å². The number of carbonyl (C=O) groups is 4. The summed E-state index contributed by atoms with van der Waals surface area (Å²) in [5.74, 6) is -13.0. The van der Waals surface area contributed by atoms with E-state index in [1.54, 1.807) is 0 Å². The minimum atomic E-state index is -5.20. The number of hydrogen-bond donors (Lipinski definition) is 4. The second kappa shape index (κ2) is 21.6. The van der Waals surface area contributed by atoms with Crippen LogP contribution in [0.1, 0.15) is 52.6 Å². The Bertz CT molecular complexity index is 3040. The number of alkyl halides is 12. The first-order valence-electron chi connectivity index (χ1n) is 19.4. The second-order valence-corrected chi connectivity index (χ2v) is 14.1. The maximum absolute atomic E-state index is 14.8. The Hall–Kier alpha value is -8.85. The maximum atomic E-state index is 14.8. The van der Waals surface area contributed by atoms with Crippen LogP contribution in [-0.4, -0.2) is 43.5 Å². The maximum Gasteiger partial charge on any atom is 0.573 e. The minimum Gasteiger partial charge on any atom is -0.495 e. The van der Waals surface area contributed by atoms with Crippen molar-refractivity contribution in [1.82, 2.24) is 0 Å². The predicted molar refractivity (Wildman–Crippen MR) is 222 cm³/mol. The lowest BCUT2D eigenvalue weighted by atomic mass is 10.1. The summed E-state index contributed by atoms with van der Waals surface area (Å²) in [7, 11) is 0.871. The Morgan fingerprint density at radius 2 is 0.822 bits per heavy atom. The number of benzene rings is 6. The van der Waals surface area contributed by atoms with Gasteiger partial charge in [0.15, 0.2) is 5.82 Å². The minimum absolute atomic E-state index is 0.165. The largest absolute Gasteiger partial charge is 0.573 e. The highest BCUT2D eigenvalue weighted by atomic mass is 19.4. The van der Waals surface area contributed by atoms with Crippen LogP contribution in [0.5, 0.6) is 40.2 Å². The molecule has 0 saturated carbocycles. The number of rotatable bonds is 13. The molecule has 6 N–H and O–H groups in total. The number of amides is 4. The van der Waals surface area contributed by atoms with E-state index in [2.05, 4.69) is 14.8 Å². The van der Waals surface area contributed by atoms with E-state index in [9.17, 15) is 85.0 Å². The molecule has 0 aliphatic heterocycles. The molecule has 73 heavy (non-hydrogen) atoms. The van der Waals surface area contributed by atoms with Crippen molar-refractivity contribution in [2.75, 3.05) is 17.7 Å². The fourth-order valence-electron chi connectivity index (χ4n) is 6.02. The van der Waals surface area contributed by atoms with E-state index in [1.165, 1.54) is 0 Å². The lowest BCUT2D eigenvalue weighted by Gasteiger charge is -2.19. The van der Waals surface area contributed by atoms with Gasteiger partial charge in [-0.2, -0.15) is 26.3 Å². The average Bonchev–Trinajstić information content (AvgIpc) is 3.25. The van der Waals surface area contributed by atoms with Crippen molar-refractivity contribution in [3.63, 3.8) is 0 Å². The SMILES string of the molecule is COc1c(C(F)(F)F)ccc(Oc2ccc(OC(F)(F)F)cc2)c1C(=O)Nc1ccc(C(N)=O)c(F)c1.NC(=O)c1ccc(NC(=O)c2c(Oc3ccc(OC(F)(F)F)cc3)ccc(C(F)(F)F)c2F)cc1F. The van der Waals surface area contributed by atoms with Crippen LogP contribution in [0.4, 0.5) is 77.2 Å². The summed E-state index contributed by atoms with van der Waals surface area (Å²) in [5.41, 5.74) is 3.20. The topological polar surface area (TPSA) is 191 Å². The third-order valence-electron chi connectivity index (χ3n) is 9.05. The van der Waals surface area contributed by atoms with Gasteiger partial charge in [0.2, 0.25) is 0 Å². The summed E-state index contributed by atoms with van der Waals surface area (Å²) in [5, 5.41) is 4.16. The van der Waals surface area contributed by atoms with Gasteiger partial charge in [0.1, 0.15) is 63.0 Å². The third-order valence-corrected chi connectivity index (χ3v) is 9.05. The number of ether oxygens (including phenoxy) is 5. The van der Waals surface area contributed by atoms with Gasteiger partial charge in [0, 0.05) is 11.4 Å². The monoisotopic (exact) mass is 1050 g/mol. The van der Waals surface area contributed by atoms with Crippen molar-refractivity contribution in [2.24, 2.45) is 11.5 Å². The molecule has 6 aromatic carbocycles. The lowest BCUT2D eigenvalue weighted by Crippen LogP contribution is -2.19. The summed E-state index contributed by atoms with van der Waals surface area (Å²) in [6.07, 6.45) is -20.1. The van der Waals surface area contributed by atoms with Crippen LogP contribution in [0.25, 0.3) is 0 Å². The van der Waals surface area contributed by atoms with Gasteiger partial charge in [0.25, 0.3) is 23.6 Å². The highest BCUT2D eigenvalue weighted by molar-refractivity contribution is 6.09. The van der Waals surface area contributed by atoms with E-state index < -0.39 is 128 Å². The van der Waals surface area contributed by atoms with Gasteiger partial charge < -0.3 is 45.8 Å². The molecule has 28 heteroatoms. The Kier molecular flexibility index (Phi) is 16.3. The number of primary amides is 2. The Morgan fingerprint density at radius 1 is 0.466 bits per heavy atom. The summed E-state index contributed by atoms with van der Waals surface area (Å²) in [6.45, 7) is 0. The van der Waals surface area contributed by atoms with Gasteiger partial charge in [-0.05, 0) is 109 Å². The van der Waals surface area contributed by atoms with Crippen molar-refractivity contribution in [1.29, 1.82) is 0 Å². The van der Waals surface area contributed by atoms with Gasteiger partial charge >= 0.3 is 25.1 Å². The fraction of sp³-hybridized carbons (Fsp3) is 0.111. The molecule has 0 saturated heterocycles. The molecular formula is C45H27F15N4O9. The summed E-state index contributed by atoms with van der Waals surface area (Å²) in [4.78, 5) is 48.0. The van der Waals surface area contributed by atoms with Crippen molar-refractivity contribution < 1.29 is 109 Å². The lowest BCUT2D eigenvalue weighted by molar-refractivity contribution is -0.275. The molecule has 386 valence electrons. The number of nitrogens with one attached hydrogen (secondary N) is 2. The first-order chi connectivity index (χ1) is 33.8. The molecule has 0 aliphatic rings. The Labute approximate surface area is 397 Å². The van der Waals surface area contributed by atoms with Gasteiger partial charge in [-0.3, -0.25) is 19.2 Å². The normalized spacial score (nSPS) is 11.6. The zero-order valence-electron chi connectivity index (χ0n) is 35.9. The summed E-state index contributed by atoms with van der Waals surface area (Å²) < 4.78 is 220. The molecule has 4 amide bonds. The van der Waals surface area contributed by atoms with Crippen LogP contribution in [0.2, 0.25) is 0 Å². The molecule has 0 heterocycles. The molecule has 6 rings (SSSR count). The van der Waals surface area contributed by atoms with Crippen molar-refractivity contribution in [3.05, 3.63) is 160 Å². The van der Waals surface area contributed by atoms with E-state index in [0.717, 1.165) is 92.0 Å². The summed E-state index contributed by atoms with van der Waals surface area (Å²) in [6, 6.07) is 14.8. The number of methoxy groups -OCH3 is 1. The molecule has 0 atom stereocenters. The van der Waals surface area contributed by atoms with Crippen molar-refractivity contribution in [3.8, 4) is 40.2 Å². The number of carbonyl (C=O) groups excluding carboxylic acids is 4. The zero-order valence-corrected chi connectivity index (χ0v) is 35.9. The van der Waals surface area contributed by atoms with E-state index in [1.807, 2.05) is 5.32 Å². The van der Waals surface area contributed by atoms with Crippen LogP contribution < -0.4 is 45.8 Å². The smallest absolute Gasteiger partial charge is 0.495 e. The first-order valence-corrected chi connectivity index (χ1v) is 19.4. The number of halogens is 15. The first kappa shape index (κ1) is 55.1. The molecule has 13 nitrogen and oxygen atoms in total. The molecule has 0 aliphatic carbocycles. The highest BCUT2D eigenvalue weighted by Gasteiger charge is 2.39. The Morgan fingerprint density at radius 3 is 1.16 bits per heavy atom. The number of nitrogens with two attached hydrogens (primary N) is 2.